The van der Waals surface area contributed by atoms with Gasteiger partial charge in [0, 0.05) is 0 Å². The average Bonchev–Trinajstić information content (AvgIpc) is 2.44. The maximum absolute atomic E-state index is 12.0. The Kier molecular flexibility index (Phi) is 6.89. The summed E-state index contributed by atoms with van der Waals surface area (Å²) in [7, 11) is 1.31. The summed E-state index contributed by atoms with van der Waals surface area (Å²) in [6.07, 6.45) is 0.530. The van der Waals surface area contributed by atoms with Gasteiger partial charge in [0.1, 0.15) is 11.8 Å². The van der Waals surface area contributed by atoms with E-state index in [2.05, 4.69) is 5.32 Å². The van der Waals surface area contributed by atoms with Crippen LogP contribution in [0.2, 0.25) is 0 Å². The van der Waals surface area contributed by atoms with E-state index in [0.717, 1.165) is 11.1 Å². The lowest BCUT2D eigenvalue weighted by Gasteiger charge is -2.19. The van der Waals surface area contributed by atoms with Crippen molar-refractivity contribution < 1.29 is 19.1 Å². The molecular formula is C17H25NO4. The Labute approximate surface area is 132 Å². The molecule has 122 valence electrons. The Morgan fingerprint density at radius 1 is 1.18 bits per heavy atom. The molecule has 0 heterocycles. The molecule has 0 aliphatic carbocycles. The Bertz CT molecular complexity index is 505. The topological polar surface area (TPSA) is 64.6 Å². The van der Waals surface area contributed by atoms with Crippen LogP contribution in [0.25, 0.3) is 0 Å². The van der Waals surface area contributed by atoms with Gasteiger partial charge in [-0.1, -0.05) is 32.0 Å². The second kappa shape index (κ2) is 8.41. The number of methoxy groups -OCH3 is 1. The Morgan fingerprint density at radius 2 is 1.77 bits per heavy atom. The van der Waals surface area contributed by atoms with Crippen molar-refractivity contribution in [2.45, 2.75) is 40.2 Å². The summed E-state index contributed by atoms with van der Waals surface area (Å²) in [4.78, 5) is 23.7. The molecule has 1 atom stereocenters. The van der Waals surface area contributed by atoms with Gasteiger partial charge in [-0.2, -0.15) is 0 Å². The van der Waals surface area contributed by atoms with Gasteiger partial charge in [-0.3, -0.25) is 4.79 Å². The maximum atomic E-state index is 12.0. The van der Waals surface area contributed by atoms with E-state index in [1.54, 1.807) is 0 Å². The summed E-state index contributed by atoms with van der Waals surface area (Å²) in [5, 5.41) is 2.67. The number of benzene rings is 1. The van der Waals surface area contributed by atoms with Crippen LogP contribution >= 0.6 is 0 Å². The van der Waals surface area contributed by atoms with Gasteiger partial charge in [-0.05, 0) is 37.3 Å². The van der Waals surface area contributed by atoms with Gasteiger partial charge < -0.3 is 14.8 Å². The summed E-state index contributed by atoms with van der Waals surface area (Å²) < 4.78 is 10.3. The largest absolute Gasteiger partial charge is 0.483 e. The Morgan fingerprint density at radius 3 is 2.27 bits per heavy atom. The van der Waals surface area contributed by atoms with Crippen molar-refractivity contribution in [3.8, 4) is 5.75 Å². The van der Waals surface area contributed by atoms with Crippen LogP contribution in [0.15, 0.2) is 18.2 Å². The van der Waals surface area contributed by atoms with Crippen molar-refractivity contribution in [3.05, 3.63) is 29.3 Å². The van der Waals surface area contributed by atoms with Crippen LogP contribution in [0.3, 0.4) is 0 Å². The first-order valence-corrected chi connectivity index (χ1v) is 7.41. The number of ether oxygens (including phenoxy) is 2. The molecule has 5 nitrogen and oxygen atoms in total. The zero-order valence-corrected chi connectivity index (χ0v) is 13.9. The molecule has 1 unspecified atom stereocenters. The maximum Gasteiger partial charge on any atom is 0.328 e. The highest BCUT2D eigenvalue weighted by molar-refractivity contribution is 5.85. The number of para-hydroxylation sites is 1. The van der Waals surface area contributed by atoms with Crippen LogP contribution in [0.4, 0.5) is 0 Å². The van der Waals surface area contributed by atoms with E-state index < -0.39 is 12.0 Å². The van der Waals surface area contributed by atoms with Crippen molar-refractivity contribution in [3.63, 3.8) is 0 Å². The molecule has 22 heavy (non-hydrogen) atoms. The van der Waals surface area contributed by atoms with E-state index >= 15 is 0 Å². The quantitative estimate of drug-likeness (QED) is 0.786. The van der Waals surface area contributed by atoms with Crippen LogP contribution < -0.4 is 10.1 Å². The zero-order chi connectivity index (χ0) is 16.7. The lowest BCUT2D eigenvalue weighted by Crippen LogP contribution is -2.44. The van der Waals surface area contributed by atoms with Gasteiger partial charge in [-0.15, -0.1) is 0 Å². The molecule has 1 amide bonds. The van der Waals surface area contributed by atoms with Gasteiger partial charge in [-0.25, -0.2) is 4.79 Å². The molecule has 1 N–H and O–H groups in total. The molecule has 0 saturated heterocycles. The molecule has 0 fully saturated rings. The van der Waals surface area contributed by atoms with Gasteiger partial charge in [0.15, 0.2) is 6.61 Å². The van der Waals surface area contributed by atoms with Crippen LogP contribution in [-0.2, 0) is 14.3 Å². The number of hydrogen-bond acceptors (Lipinski definition) is 4. The minimum atomic E-state index is -0.640. The van der Waals surface area contributed by atoms with Gasteiger partial charge >= 0.3 is 5.97 Å². The molecule has 1 aromatic rings. The lowest BCUT2D eigenvalue weighted by atomic mass is 10.0. The number of nitrogens with one attached hydrogen (secondary N) is 1. The van der Waals surface area contributed by atoms with Crippen molar-refractivity contribution >= 4 is 11.9 Å². The van der Waals surface area contributed by atoms with E-state index in [4.69, 9.17) is 9.47 Å². The number of esters is 1. The monoisotopic (exact) mass is 307 g/mol. The first kappa shape index (κ1) is 18.0. The van der Waals surface area contributed by atoms with Crippen molar-refractivity contribution in [2.24, 2.45) is 5.92 Å². The molecular weight excluding hydrogens is 282 g/mol. The number of amides is 1. The first-order chi connectivity index (χ1) is 10.3. The summed E-state index contributed by atoms with van der Waals surface area (Å²) >= 11 is 0. The molecule has 0 spiro atoms. The predicted octanol–water partition coefficient (Wildman–Crippen LogP) is 2.39. The third kappa shape index (κ3) is 5.39. The zero-order valence-electron chi connectivity index (χ0n) is 13.9. The molecule has 0 radical (unpaired) electrons. The van der Waals surface area contributed by atoms with Crippen molar-refractivity contribution in [1.82, 2.24) is 5.32 Å². The second-order valence-corrected chi connectivity index (χ2v) is 5.78. The minimum absolute atomic E-state index is 0.128. The number of rotatable bonds is 7. The summed E-state index contributed by atoms with van der Waals surface area (Å²) in [6, 6.07) is 5.15. The molecule has 0 aliphatic heterocycles. The fourth-order valence-electron chi connectivity index (χ4n) is 2.23. The van der Waals surface area contributed by atoms with Gasteiger partial charge in [0.05, 0.1) is 7.11 Å². The SMILES string of the molecule is COC(=O)C(CC(C)C)NC(=O)COc1c(C)cccc1C. The highest BCUT2D eigenvalue weighted by atomic mass is 16.5. The molecule has 1 rings (SSSR count). The molecule has 0 aromatic heterocycles. The van der Waals surface area contributed by atoms with E-state index in [1.807, 2.05) is 45.9 Å². The Hall–Kier alpha value is -2.04. The van der Waals surface area contributed by atoms with Crippen LogP contribution in [0.1, 0.15) is 31.4 Å². The van der Waals surface area contributed by atoms with Gasteiger partial charge in [0.25, 0.3) is 5.91 Å². The number of hydrogen-bond donors (Lipinski definition) is 1. The molecule has 1 aromatic carbocycles. The molecule has 0 bridgehead atoms. The second-order valence-electron chi connectivity index (χ2n) is 5.78. The van der Waals surface area contributed by atoms with Gasteiger partial charge in [0.2, 0.25) is 0 Å². The molecule has 0 saturated carbocycles. The van der Waals surface area contributed by atoms with E-state index in [1.165, 1.54) is 7.11 Å². The third-order valence-corrected chi connectivity index (χ3v) is 3.28. The van der Waals surface area contributed by atoms with Crippen LogP contribution in [-0.4, -0.2) is 31.6 Å². The van der Waals surface area contributed by atoms with Crippen molar-refractivity contribution in [1.29, 1.82) is 0 Å². The Balaban J connectivity index is 2.62. The summed E-state index contributed by atoms with van der Waals surface area (Å²) in [6.45, 7) is 7.69. The van der Waals surface area contributed by atoms with Crippen LogP contribution in [0, 0.1) is 19.8 Å². The standard InChI is InChI=1S/C17H25NO4/c1-11(2)9-14(17(20)21-5)18-15(19)10-22-16-12(3)7-6-8-13(16)4/h6-8,11,14H,9-10H2,1-5H3,(H,18,19). The van der Waals surface area contributed by atoms with Crippen molar-refractivity contribution in [2.75, 3.05) is 13.7 Å². The average molecular weight is 307 g/mol. The number of aryl methyl sites for hydroxylation is 2. The first-order valence-electron chi connectivity index (χ1n) is 7.41. The smallest absolute Gasteiger partial charge is 0.328 e. The number of carbonyl (C=O) groups excluding carboxylic acids is 2. The van der Waals surface area contributed by atoms with E-state index in [0.29, 0.717) is 12.2 Å². The lowest BCUT2D eigenvalue weighted by molar-refractivity contribution is -0.145. The third-order valence-electron chi connectivity index (χ3n) is 3.28. The minimum Gasteiger partial charge on any atom is -0.483 e. The van der Waals surface area contributed by atoms with E-state index in [-0.39, 0.29) is 18.4 Å². The van der Waals surface area contributed by atoms with E-state index in [9.17, 15) is 9.59 Å². The normalized spacial score (nSPS) is 11.9. The predicted molar refractivity (Wildman–Crippen MR) is 84.8 cm³/mol. The molecule has 0 aliphatic rings. The highest BCUT2D eigenvalue weighted by Gasteiger charge is 2.22. The molecule has 5 heteroatoms. The summed E-state index contributed by atoms with van der Waals surface area (Å²) in [5.41, 5.74) is 1.94. The van der Waals surface area contributed by atoms with Crippen LogP contribution in [0.5, 0.6) is 5.75 Å². The fraction of sp³-hybridized carbons (Fsp3) is 0.529. The number of carbonyl (C=O) groups is 2. The summed E-state index contributed by atoms with van der Waals surface area (Å²) in [5.74, 6) is 0.202. The highest BCUT2D eigenvalue weighted by Crippen LogP contribution is 2.22. The fourth-order valence-corrected chi connectivity index (χ4v) is 2.23.